The number of pyridine rings is 1. The highest BCUT2D eigenvalue weighted by molar-refractivity contribution is 7.89. The molecular weight excluding hydrogens is 272 g/mol. The molecule has 1 heterocycles. The van der Waals surface area contributed by atoms with E-state index in [1.54, 1.807) is 24.4 Å². The van der Waals surface area contributed by atoms with Crippen LogP contribution < -0.4 is 5.14 Å². The van der Waals surface area contributed by atoms with Crippen molar-refractivity contribution in [1.82, 2.24) is 4.98 Å². The molecule has 2 rings (SSSR count). The number of nitrogens with two attached hydrogens (primary N) is 1. The van der Waals surface area contributed by atoms with Crippen molar-refractivity contribution < 1.29 is 8.42 Å². The zero-order chi connectivity index (χ0) is 14.6. The van der Waals surface area contributed by atoms with E-state index in [0.29, 0.717) is 5.39 Å². The van der Waals surface area contributed by atoms with E-state index in [1.807, 2.05) is 6.07 Å². The third-order valence-corrected chi connectivity index (χ3v) is 4.39. The normalized spacial score (nSPS) is 11.9. The van der Waals surface area contributed by atoms with E-state index >= 15 is 0 Å². The van der Waals surface area contributed by atoms with Crippen LogP contribution in [0.5, 0.6) is 0 Å². The standard InChI is InChI=1S/C15H20N2O2S/c1-2-3-4-5-8-14-12-7-6-9-15(20(16,18)19)13(12)10-11-17-14/h6-7,9-11H,2-5,8H2,1H3,(H2,16,18,19). The van der Waals surface area contributed by atoms with Crippen LogP contribution in [0.1, 0.15) is 38.3 Å². The minimum Gasteiger partial charge on any atom is -0.261 e. The number of rotatable bonds is 6. The van der Waals surface area contributed by atoms with Crippen LogP contribution in [0.15, 0.2) is 35.4 Å². The molecule has 0 amide bonds. The number of hydrogen-bond acceptors (Lipinski definition) is 3. The van der Waals surface area contributed by atoms with E-state index in [-0.39, 0.29) is 4.90 Å². The van der Waals surface area contributed by atoms with Crippen LogP contribution in [0, 0.1) is 0 Å². The fraction of sp³-hybridized carbons (Fsp3) is 0.400. The van der Waals surface area contributed by atoms with Gasteiger partial charge in [-0.15, -0.1) is 0 Å². The van der Waals surface area contributed by atoms with Gasteiger partial charge in [-0.2, -0.15) is 0 Å². The first-order valence-electron chi connectivity index (χ1n) is 6.93. The topological polar surface area (TPSA) is 73.0 Å². The van der Waals surface area contributed by atoms with Gasteiger partial charge in [-0.1, -0.05) is 38.3 Å². The largest absolute Gasteiger partial charge is 0.261 e. The second kappa shape index (κ2) is 6.33. The van der Waals surface area contributed by atoms with Crippen molar-refractivity contribution >= 4 is 20.8 Å². The molecule has 2 N–H and O–H groups in total. The van der Waals surface area contributed by atoms with Crippen LogP contribution in [0.25, 0.3) is 10.8 Å². The molecule has 0 aliphatic heterocycles. The molecule has 0 unspecified atom stereocenters. The van der Waals surface area contributed by atoms with Crippen molar-refractivity contribution in [2.24, 2.45) is 5.14 Å². The first-order chi connectivity index (χ1) is 9.54. The predicted molar refractivity (Wildman–Crippen MR) is 81.0 cm³/mol. The van der Waals surface area contributed by atoms with Crippen LogP contribution in [0.2, 0.25) is 0 Å². The predicted octanol–water partition coefficient (Wildman–Crippen LogP) is 3.01. The second-order valence-corrected chi connectivity index (χ2v) is 6.49. The Hall–Kier alpha value is -1.46. The summed E-state index contributed by atoms with van der Waals surface area (Å²) in [4.78, 5) is 4.57. The van der Waals surface area contributed by atoms with Gasteiger partial charge in [-0.25, -0.2) is 13.6 Å². The summed E-state index contributed by atoms with van der Waals surface area (Å²) in [6.45, 7) is 2.18. The highest BCUT2D eigenvalue weighted by Gasteiger charge is 2.13. The number of aryl methyl sites for hydroxylation is 1. The number of nitrogens with zero attached hydrogens (tertiary/aromatic N) is 1. The quantitative estimate of drug-likeness (QED) is 0.832. The van der Waals surface area contributed by atoms with Gasteiger partial charge in [-0.05, 0) is 25.0 Å². The van der Waals surface area contributed by atoms with Crippen LogP contribution >= 0.6 is 0 Å². The molecule has 0 bridgehead atoms. The highest BCUT2D eigenvalue weighted by Crippen LogP contribution is 2.24. The number of primary sulfonamides is 1. The molecule has 108 valence electrons. The molecule has 1 aromatic carbocycles. The second-order valence-electron chi connectivity index (χ2n) is 4.96. The van der Waals surface area contributed by atoms with E-state index in [1.165, 1.54) is 19.3 Å². The van der Waals surface area contributed by atoms with Crippen molar-refractivity contribution in [2.75, 3.05) is 0 Å². The smallest absolute Gasteiger partial charge is 0.238 e. The molecule has 0 aliphatic carbocycles. The lowest BCUT2D eigenvalue weighted by atomic mass is 10.0. The van der Waals surface area contributed by atoms with E-state index < -0.39 is 10.0 Å². The SMILES string of the molecule is CCCCCCc1nccc2c(S(N)(=O)=O)cccc12. The van der Waals surface area contributed by atoms with Gasteiger partial charge >= 0.3 is 0 Å². The summed E-state index contributed by atoms with van der Waals surface area (Å²) in [5.74, 6) is 0. The van der Waals surface area contributed by atoms with Crippen LogP contribution in [0.3, 0.4) is 0 Å². The summed E-state index contributed by atoms with van der Waals surface area (Å²) >= 11 is 0. The Morgan fingerprint density at radius 3 is 2.60 bits per heavy atom. The van der Waals surface area contributed by atoms with Crippen molar-refractivity contribution in [3.8, 4) is 0 Å². The van der Waals surface area contributed by atoms with Gasteiger partial charge in [0.1, 0.15) is 0 Å². The van der Waals surface area contributed by atoms with Gasteiger partial charge in [-0.3, -0.25) is 4.98 Å². The lowest BCUT2D eigenvalue weighted by molar-refractivity contribution is 0.598. The maximum atomic E-state index is 11.6. The Morgan fingerprint density at radius 2 is 1.90 bits per heavy atom. The molecule has 0 saturated carbocycles. The molecule has 5 heteroatoms. The Morgan fingerprint density at radius 1 is 1.10 bits per heavy atom. The minimum atomic E-state index is -3.70. The number of aromatic nitrogens is 1. The van der Waals surface area contributed by atoms with E-state index in [4.69, 9.17) is 5.14 Å². The fourth-order valence-electron chi connectivity index (χ4n) is 2.41. The number of benzene rings is 1. The zero-order valence-corrected chi connectivity index (χ0v) is 12.5. The summed E-state index contributed by atoms with van der Waals surface area (Å²) < 4.78 is 23.2. The molecule has 0 atom stereocenters. The van der Waals surface area contributed by atoms with Crippen LogP contribution in [-0.4, -0.2) is 13.4 Å². The van der Waals surface area contributed by atoms with Gasteiger partial charge in [0.2, 0.25) is 10.0 Å². The van der Waals surface area contributed by atoms with Crippen molar-refractivity contribution in [3.05, 3.63) is 36.2 Å². The monoisotopic (exact) mass is 292 g/mol. The molecule has 0 aliphatic rings. The summed E-state index contributed by atoms with van der Waals surface area (Å²) in [7, 11) is -3.70. The number of fused-ring (bicyclic) bond motifs is 1. The molecular formula is C15H20N2O2S. The third-order valence-electron chi connectivity index (χ3n) is 3.42. The summed E-state index contributed by atoms with van der Waals surface area (Å²) in [5, 5.41) is 6.81. The average Bonchev–Trinajstić information content (AvgIpc) is 2.42. The molecule has 0 spiro atoms. The maximum Gasteiger partial charge on any atom is 0.238 e. The first-order valence-corrected chi connectivity index (χ1v) is 8.48. The molecule has 0 saturated heterocycles. The fourth-order valence-corrected chi connectivity index (χ4v) is 3.16. The van der Waals surface area contributed by atoms with Crippen molar-refractivity contribution in [1.29, 1.82) is 0 Å². The summed E-state index contributed by atoms with van der Waals surface area (Å²) in [5.41, 5.74) is 0.948. The zero-order valence-electron chi connectivity index (χ0n) is 11.7. The first kappa shape index (κ1) is 14.9. The Bertz CT molecular complexity index is 696. The van der Waals surface area contributed by atoms with Crippen molar-refractivity contribution in [2.45, 2.75) is 43.9 Å². The molecule has 0 radical (unpaired) electrons. The lowest BCUT2D eigenvalue weighted by Gasteiger charge is -2.08. The van der Waals surface area contributed by atoms with Gasteiger partial charge < -0.3 is 0 Å². The van der Waals surface area contributed by atoms with Gasteiger partial charge in [0.25, 0.3) is 0 Å². The average molecular weight is 292 g/mol. The Labute approximate surface area is 120 Å². The van der Waals surface area contributed by atoms with E-state index in [9.17, 15) is 8.42 Å². The van der Waals surface area contributed by atoms with Crippen LogP contribution in [-0.2, 0) is 16.4 Å². The minimum absolute atomic E-state index is 0.173. The van der Waals surface area contributed by atoms with Crippen LogP contribution in [0.4, 0.5) is 0 Å². The summed E-state index contributed by atoms with van der Waals surface area (Å²) in [6.07, 6.45) is 7.17. The lowest BCUT2D eigenvalue weighted by Crippen LogP contribution is -2.12. The molecule has 1 aromatic heterocycles. The van der Waals surface area contributed by atoms with Gasteiger partial charge in [0, 0.05) is 22.7 Å². The van der Waals surface area contributed by atoms with E-state index in [2.05, 4.69) is 11.9 Å². The molecule has 0 fully saturated rings. The van der Waals surface area contributed by atoms with E-state index in [0.717, 1.165) is 23.9 Å². The molecule has 4 nitrogen and oxygen atoms in total. The highest BCUT2D eigenvalue weighted by atomic mass is 32.2. The number of unbranched alkanes of at least 4 members (excludes halogenated alkanes) is 3. The number of hydrogen-bond donors (Lipinski definition) is 1. The number of sulfonamides is 1. The molecule has 20 heavy (non-hydrogen) atoms. The molecule has 2 aromatic rings. The van der Waals surface area contributed by atoms with Gasteiger partial charge in [0.15, 0.2) is 0 Å². The Kier molecular flexibility index (Phi) is 4.73. The van der Waals surface area contributed by atoms with Crippen molar-refractivity contribution in [3.63, 3.8) is 0 Å². The Balaban J connectivity index is 2.38. The summed E-state index contributed by atoms with van der Waals surface area (Å²) in [6, 6.07) is 6.88. The maximum absolute atomic E-state index is 11.6. The van der Waals surface area contributed by atoms with Gasteiger partial charge in [0.05, 0.1) is 4.90 Å². The third kappa shape index (κ3) is 3.35.